The van der Waals surface area contributed by atoms with Crippen molar-refractivity contribution in [1.29, 1.82) is 0 Å². The molecule has 3 nitrogen and oxygen atoms in total. The molecule has 0 atom stereocenters. The Labute approximate surface area is 92.4 Å². The predicted octanol–water partition coefficient (Wildman–Crippen LogP) is 2.43. The lowest BCUT2D eigenvalue weighted by molar-refractivity contribution is -0.142. The third-order valence-corrected chi connectivity index (χ3v) is 2.04. The predicted molar refractivity (Wildman–Crippen MR) is 54.3 cm³/mol. The summed E-state index contributed by atoms with van der Waals surface area (Å²) in [6.45, 7) is 3.60. The number of pyridine rings is 1. The van der Waals surface area contributed by atoms with Gasteiger partial charge in [0.25, 0.3) is 6.43 Å². The first-order chi connectivity index (χ1) is 7.54. The average Bonchev–Trinajstić information content (AvgIpc) is 2.17. The van der Waals surface area contributed by atoms with Crippen LogP contribution in [0, 0.1) is 6.92 Å². The zero-order valence-electron chi connectivity index (χ0n) is 9.17. The number of carbonyl (C=O) groups excluding carboxylic acids is 1. The minimum atomic E-state index is -2.63. The average molecular weight is 229 g/mol. The summed E-state index contributed by atoms with van der Waals surface area (Å²) < 4.78 is 29.9. The van der Waals surface area contributed by atoms with E-state index < -0.39 is 12.4 Å². The summed E-state index contributed by atoms with van der Waals surface area (Å²) in [5.41, 5.74) is 0.670. The molecule has 0 fully saturated rings. The molecule has 1 aromatic rings. The summed E-state index contributed by atoms with van der Waals surface area (Å²) in [6.07, 6.45) is -1.66. The Morgan fingerprint density at radius 1 is 1.56 bits per heavy atom. The molecular formula is C11H13F2NO2. The van der Waals surface area contributed by atoms with E-state index in [-0.39, 0.29) is 24.2 Å². The third-order valence-electron chi connectivity index (χ3n) is 2.04. The van der Waals surface area contributed by atoms with Gasteiger partial charge in [0.1, 0.15) is 0 Å². The summed E-state index contributed by atoms with van der Waals surface area (Å²) in [5.74, 6) is -0.505. The maximum atomic E-state index is 12.6. The van der Waals surface area contributed by atoms with Gasteiger partial charge in [-0.2, -0.15) is 0 Å². The number of nitrogens with zero attached hydrogens (tertiary/aromatic N) is 1. The van der Waals surface area contributed by atoms with Gasteiger partial charge in [-0.1, -0.05) is 0 Å². The molecule has 0 radical (unpaired) electrons. The van der Waals surface area contributed by atoms with Crippen LogP contribution in [-0.4, -0.2) is 17.6 Å². The van der Waals surface area contributed by atoms with Gasteiger partial charge >= 0.3 is 5.97 Å². The second-order valence-corrected chi connectivity index (χ2v) is 3.31. The van der Waals surface area contributed by atoms with Gasteiger partial charge in [-0.05, 0) is 25.5 Å². The normalized spacial score (nSPS) is 10.6. The molecule has 0 spiro atoms. The highest BCUT2D eigenvalue weighted by Crippen LogP contribution is 2.23. The van der Waals surface area contributed by atoms with E-state index in [1.807, 2.05) is 0 Å². The van der Waals surface area contributed by atoms with Gasteiger partial charge in [0.15, 0.2) is 0 Å². The van der Waals surface area contributed by atoms with Gasteiger partial charge in [0.2, 0.25) is 0 Å². The fraction of sp³-hybridized carbons (Fsp3) is 0.455. The molecule has 0 N–H and O–H groups in total. The van der Waals surface area contributed by atoms with E-state index >= 15 is 0 Å². The van der Waals surface area contributed by atoms with Crippen molar-refractivity contribution in [3.8, 4) is 0 Å². The fourth-order valence-electron chi connectivity index (χ4n) is 1.34. The topological polar surface area (TPSA) is 39.2 Å². The van der Waals surface area contributed by atoms with Crippen molar-refractivity contribution in [2.45, 2.75) is 26.7 Å². The smallest absolute Gasteiger partial charge is 0.310 e. The van der Waals surface area contributed by atoms with Crippen LogP contribution in [0.4, 0.5) is 8.78 Å². The largest absolute Gasteiger partial charge is 0.466 e. The van der Waals surface area contributed by atoms with Gasteiger partial charge in [0, 0.05) is 17.5 Å². The lowest BCUT2D eigenvalue weighted by Crippen LogP contribution is -2.10. The summed E-state index contributed by atoms with van der Waals surface area (Å²) in [7, 11) is 0. The highest BCUT2D eigenvalue weighted by Gasteiger charge is 2.16. The van der Waals surface area contributed by atoms with Crippen LogP contribution >= 0.6 is 0 Å². The molecule has 1 aromatic heterocycles. The third kappa shape index (κ3) is 3.25. The molecule has 0 aliphatic carbocycles. The Balaban J connectivity index is 2.92. The molecule has 1 rings (SSSR count). The van der Waals surface area contributed by atoms with Gasteiger partial charge in [-0.15, -0.1) is 0 Å². The second-order valence-electron chi connectivity index (χ2n) is 3.31. The zero-order valence-corrected chi connectivity index (χ0v) is 9.17. The lowest BCUT2D eigenvalue weighted by Gasteiger charge is -2.08. The molecule has 0 aliphatic rings. The van der Waals surface area contributed by atoms with Crippen LogP contribution in [0.15, 0.2) is 12.3 Å². The minimum absolute atomic E-state index is 0.142. The van der Waals surface area contributed by atoms with Crippen molar-refractivity contribution in [1.82, 2.24) is 4.98 Å². The SMILES string of the molecule is CCOC(=O)Cc1cc(C)ncc1C(F)F. The Hall–Kier alpha value is -1.52. The molecule has 0 saturated heterocycles. The fourth-order valence-corrected chi connectivity index (χ4v) is 1.34. The summed E-state index contributed by atoms with van der Waals surface area (Å²) in [4.78, 5) is 15.0. The van der Waals surface area contributed by atoms with E-state index in [1.165, 1.54) is 6.07 Å². The first kappa shape index (κ1) is 12.5. The summed E-state index contributed by atoms with van der Waals surface area (Å²) >= 11 is 0. The van der Waals surface area contributed by atoms with E-state index in [0.717, 1.165) is 6.20 Å². The maximum Gasteiger partial charge on any atom is 0.310 e. The van der Waals surface area contributed by atoms with Gasteiger partial charge in [0.05, 0.1) is 13.0 Å². The highest BCUT2D eigenvalue weighted by atomic mass is 19.3. The molecule has 16 heavy (non-hydrogen) atoms. The van der Waals surface area contributed by atoms with E-state index in [1.54, 1.807) is 13.8 Å². The first-order valence-corrected chi connectivity index (χ1v) is 4.93. The maximum absolute atomic E-state index is 12.6. The van der Waals surface area contributed by atoms with Crippen molar-refractivity contribution in [3.63, 3.8) is 0 Å². The Kier molecular flexibility index (Phi) is 4.34. The molecule has 5 heteroatoms. The van der Waals surface area contributed by atoms with Crippen LogP contribution in [0.5, 0.6) is 0 Å². The van der Waals surface area contributed by atoms with Crippen molar-refractivity contribution in [2.24, 2.45) is 0 Å². The van der Waals surface area contributed by atoms with Crippen LogP contribution in [0.2, 0.25) is 0 Å². The molecular weight excluding hydrogens is 216 g/mol. The van der Waals surface area contributed by atoms with Crippen molar-refractivity contribution in [2.75, 3.05) is 6.61 Å². The molecule has 1 heterocycles. The first-order valence-electron chi connectivity index (χ1n) is 4.93. The highest BCUT2D eigenvalue weighted by molar-refractivity contribution is 5.73. The second kappa shape index (κ2) is 5.53. The van der Waals surface area contributed by atoms with E-state index in [2.05, 4.69) is 4.98 Å². The van der Waals surface area contributed by atoms with Gasteiger partial charge in [-0.3, -0.25) is 9.78 Å². The van der Waals surface area contributed by atoms with Crippen LogP contribution in [0.1, 0.15) is 30.2 Å². The number of carbonyl (C=O) groups is 1. The van der Waals surface area contributed by atoms with Gasteiger partial charge in [-0.25, -0.2) is 8.78 Å². The standard InChI is InChI=1S/C11H13F2NO2/c1-3-16-10(15)5-8-4-7(2)14-6-9(8)11(12)13/h4,6,11H,3,5H2,1-2H3. The zero-order chi connectivity index (χ0) is 12.1. The quantitative estimate of drug-likeness (QED) is 0.744. The summed E-state index contributed by atoms with van der Waals surface area (Å²) in [5, 5.41) is 0. The van der Waals surface area contributed by atoms with Gasteiger partial charge < -0.3 is 4.74 Å². The van der Waals surface area contributed by atoms with E-state index in [0.29, 0.717) is 5.69 Å². The molecule has 0 amide bonds. The lowest BCUT2D eigenvalue weighted by atomic mass is 10.1. The monoisotopic (exact) mass is 229 g/mol. The van der Waals surface area contributed by atoms with E-state index in [9.17, 15) is 13.6 Å². The van der Waals surface area contributed by atoms with Crippen LogP contribution < -0.4 is 0 Å². The number of hydrogen-bond donors (Lipinski definition) is 0. The number of halogens is 2. The molecule has 0 aromatic carbocycles. The Morgan fingerprint density at radius 2 is 2.25 bits per heavy atom. The van der Waals surface area contributed by atoms with Crippen LogP contribution in [0.3, 0.4) is 0 Å². The van der Waals surface area contributed by atoms with Crippen LogP contribution in [-0.2, 0) is 16.0 Å². The van der Waals surface area contributed by atoms with Crippen LogP contribution in [0.25, 0.3) is 0 Å². The van der Waals surface area contributed by atoms with Crippen molar-refractivity contribution >= 4 is 5.97 Å². The number of esters is 1. The molecule has 88 valence electrons. The van der Waals surface area contributed by atoms with Crippen molar-refractivity contribution < 1.29 is 18.3 Å². The summed E-state index contributed by atoms with van der Waals surface area (Å²) in [6, 6.07) is 1.48. The number of rotatable bonds is 4. The van der Waals surface area contributed by atoms with Crippen molar-refractivity contribution in [3.05, 3.63) is 29.1 Å². The number of hydrogen-bond acceptors (Lipinski definition) is 3. The molecule has 0 bridgehead atoms. The Morgan fingerprint density at radius 3 is 2.81 bits per heavy atom. The number of alkyl halides is 2. The number of aromatic nitrogens is 1. The molecule has 0 aliphatic heterocycles. The Bertz CT molecular complexity index is 380. The minimum Gasteiger partial charge on any atom is -0.466 e. The molecule has 0 unspecified atom stereocenters. The number of ether oxygens (including phenoxy) is 1. The van der Waals surface area contributed by atoms with E-state index in [4.69, 9.17) is 4.74 Å². The molecule has 0 saturated carbocycles. The number of aryl methyl sites for hydroxylation is 1.